The minimum Gasteiger partial charge on any atom is -0.271 e. The smallest absolute Gasteiger partial charge is 0.0379 e. The third kappa shape index (κ3) is 2.29. The van der Waals surface area contributed by atoms with Crippen LogP contribution in [0.25, 0.3) is 0 Å². The second-order valence-electron chi connectivity index (χ2n) is 2.64. The standard InChI is InChI=1S/C8H13N3/c1-6-3-8(5-10-9)4-7(2)11-6/h3-4,10H,5,9H2,1-2H3. The van der Waals surface area contributed by atoms with E-state index in [-0.39, 0.29) is 0 Å². The minimum absolute atomic E-state index is 0.699. The van der Waals surface area contributed by atoms with Gasteiger partial charge in [0.15, 0.2) is 0 Å². The van der Waals surface area contributed by atoms with Crippen molar-refractivity contribution in [2.24, 2.45) is 5.84 Å². The van der Waals surface area contributed by atoms with Crippen molar-refractivity contribution >= 4 is 0 Å². The number of hydrogen-bond acceptors (Lipinski definition) is 3. The average molecular weight is 151 g/mol. The van der Waals surface area contributed by atoms with Gasteiger partial charge in [0.25, 0.3) is 0 Å². The number of aromatic nitrogens is 1. The topological polar surface area (TPSA) is 50.9 Å². The number of rotatable bonds is 2. The molecule has 0 atom stereocenters. The van der Waals surface area contributed by atoms with Gasteiger partial charge in [0.2, 0.25) is 0 Å². The van der Waals surface area contributed by atoms with E-state index in [0.29, 0.717) is 6.54 Å². The summed E-state index contributed by atoms with van der Waals surface area (Å²) >= 11 is 0. The van der Waals surface area contributed by atoms with Crippen molar-refractivity contribution < 1.29 is 0 Å². The molecule has 0 amide bonds. The van der Waals surface area contributed by atoms with Gasteiger partial charge in [0.05, 0.1) is 0 Å². The lowest BCUT2D eigenvalue weighted by Gasteiger charge is -2.02. The highest BCUT2D eigenvalue weighted by Gasteiger charge is 1.94. The second-order valence-corrected chi connectivity index (χ2v) is 2.64. The van der Waals surface area contributed by atoms with Gasteiger partial charge in [-0.15, -0.1) is 0 Å². The first kappa shape index (κ1) is 8.17. The van der Waals surface area contributed by atoms with E-state index in [1.54, 1.807) is 0 Å². The van der Waals surface area contributed by atoms with Crippen LogP contribution in [0.5, 0.6) is 0 Å². The molecule has 0 unspecified atom stereocenters. The number of hydrazine groups is 1. The summed E-state index contributed by atoms with van der Waals surface area (Å²) in [6.07, 6.45) is 0. The number of nitrogens with two attached hydrogens (primary N) is 1. The second kappa shape index (κ2) is 3.46. The summed E-state index contributed by atoms with van der Waals surface area (Å²) < 4.78 is 0. The third-order valence-electron chi connectivity index (χ3n) is 1.45. The highest BCUT2D eigenvalue weighted by Crippen LogP contribution is 2.03. The van der Waals surface area contributed by atoms with Crippen molar-refractivity contribution in [1.82, 2.24) is 10.4 Å². The largest absolute Gasteiger partial charge is 0.271 e. The molecular formula is C8H13N3. The van der Waals surface area contributed by atoms with E-state index in [2.05, 4.69) is 10.4 Å². The van der Waals surface area contributed by atoms with Crippen LogP contribution in [0.3, 0.4) is 0 Å². The van der Waals surface area contributed by atoms with Crippen molar-refractivity contribution in [2.45, 2.75) is 20.4 Å². The molecule has 0 saturated carbocycles. The minimum atomic E-state index is 0.699. The quantitative estimate of drug-likeness (QED) is 0.482. The molecule has 0 saturated heterocycles. The number of hydrogen-bond donors (Lipinski definition) is 2. The van der Waals surface area contributed by atoms with Crippen molar-refractivity contribution in [3.8, 4) is 0 Å². The Morgan fingerprint density at radius 1 is 1.36 bits per heavy atom. The Hall–Kier alpha value is -0.930. The highest BCUT2D eigenvalue weighted by molar-refractivity contribution is 5.19. The number of nitrogens with zero attached hydrogens (tertiary/aromatic N) is 1. The molecule has 0 fully saturated rings. The lowest BCUT2D eigenvalue weighted by molar-refractivity contribution is 0.738. The summed E-state index contributed by atoms with van der Waals surface area (Å²) in [6.45, 7) is 4.66. The fraction of sp³-hybridized carbons (Fsp3) is 0.375. The Morgan fingerprint density at radius 3 is 2.36 bits per heavy atom. The molecule has 0 radical (unpaired) electrons. The van der Waals surface area contributed by atoms with Gasteiger partial charge in [0, 0.05) is 17.9 Å². The molecule has 0 aliphatic heterocycles. The monoisotopic (exact) mass is 151 g/mol. The van der Waals surface area contributed by atoms with Crippen LogP contribution in [0, 0.1) is 13.8 Å². The van der Waals surface area contributed by atoms with E-state index >= 15 is 0 Å². The highest BCUT2D eigenvalue weighted by atomic mass is 15.2. The van der Waals surface area contributed by atoms with Gasteiger partial charge in [-0.1, -0.05) is 0 Å². The molecule has 11 heavy (non-hydrogen) atoms. The molecule has 0 aromatic carbocycles. The zero-order chi connectivity index (χ0) is 8.27. The summed E-state index contributed by atoms with van der Waals surface area (Å²) in [5, 5.41) is 0. The van der Waals surface area contributed by atoms with Crippen LogP contribution in [-0.4, -0.2) is 4.98 Å². The molecule has 0 bridgehead atoms. The van der Waals surface area contributed by atoms with E-state index in [4.69, 9.17) is 5.84 Å². The Balaban J connectivity index is 2.89. The summed E-state index contributed by atoms with van der Waals surface area (Å²) in [5.41, 5.74) is 5.86. The summed E-state index contributed by atoms with van der Waals surface area (Å²) in [5.74, 6) is 5.19. The zero-order valence-electron chi connectivity index (χ0n) is 6.89. The predicted octanol–water partition coefficient (Wildman–Crippen LogP) is 0.662. The van der Waals surface area contributed by atoms with E-state index in [0.717, 1.165) is 11.4 Å². The molecule has 1 heterocycles. The van der Waals surface area contributed by atoms with Crippen molar-refractivity contribution in [1.29, 1.82) is 0 Å². The molecule has 3 N–H and O–H groups in total. The predicted molar refractivity (Wildman–Crippen MR) is 44.7 cm³/mol. The summed E-state index contributed by atoms with van der Waals surface area (Å²) in [7, 11) is 0. The van der Waals surface area contributed by atoms with E-state index in [9.17, 15) is 0 Å². The Labute approximate surface area is 66.6 Å². The van der Waals surface area contributed by atoms with E-state index < -0.39 is 0 Å². The first-order chi connectivity index (χ1) is 5.22. The molecular weight excluding hydrogens is 138 g/mol. The molecule has 3 heteroatoms. The van der Waals surface area contributed by atoms with Crippen LogP contribution in [0.15, 0.2) is 12.1 Å². The van der Waals surface area contributed by atoms with Gasteiger partial charge in [-0.3, -0.25) is 16.3 Å². The Morgan fingerprint density at radius 2 is 1.91 bits per heavy atom. The van der Waals surface area contributed by atoms with E-state index in [1.807, 2.05) is 26.0 Å². The molecule has 60 valence electrons. The zero-order valence-corrected chi connectivity index (χ0v) is 6.89. The Kier molecular flexibility index (Phi) is 2.57. The number of pyridine rings is 1. The molecule has 1 aromatic heterocycles. The molecule has 0 aliphatic carbocycles. The SMILES string of the molecule is Cc1cc(CNN)cc(C)n1. The maximum atomic E-state index is 5.19. The van der Waals surface area contributed by atoms with Gasteiger partial charge >= 0.3 is 0 Å². The van der Waals surface area contributed by atoms with Crippen molar-refractivity contribution in [3.05, 3.63) is 29.1 Å². The van der Waals surface area contributed by atoms with Crippen molar-refractivity contribution in [3.63, 3.8) is 0 Å². The maximum Gasteiger partial charge on any atom is 0.0379 e. The Bertz CT molecular complexity index is 225. The van der Waals surface area contributed by atoms with Crippen molar-refractivity contribution in [2.75, 3.05) is 0 Å². The molecule has 1 rings (SSSR count). The average Bonchev–Trinajstić information content (AvgIpc) is 1.85. The van der Waals surface area contributed by atoms with Gasteiger partial charge < -0.3 is 0 Å². The van der Waals surface area contributed by atoms with Crippen LogP contribution in [0.2, 0.25) is 0 Å². The van der Waals surface area contributed by atoms with Crippen LogP contribution < -0.4 is 11.3 Å². The number of aryl methyl sites for hydroxylation is 2. The first-order valence-electron chi connectivity index (χ1n) is 3.60. The molecule has 0 aliphatic rings. The first-order valence-corrected chi connectivity index (χ1v) is 3.60. The lowest BCUT2D eigenvalue weighted by atomic mass is 10.2. The van der Waals surface area contributed by atoms with Crippen LogP contribution in [0.1, 0.15) is 17.0 Å². The lowest BCUT2D eigenvalue weighted by Crippen LogP contribution is -2.20. The maximum absolute atomic E-state index is 5.19. The molecule has 0 spiro atoms. The fourth-order valence-electron chi connectivity index (χ4n) is 1.14. The third-order valence-corrected chi connectivity index (χ3v) is 1.45. The summed E-state index contributed by atoms with van der Waals surface area (Å²) in [4.78, 5) is 4.25. The van der Waals surface area contributed by atoms with Gasteiger partial charge in [-0.2, -0.15) is 0 Å². The fourth-order valence-corrected chi connectivity index (χ4v) is 1.14. The van der Waals surface area contributed by atoms with Crippen LogP contribution in [0.4, 0.5) is 0 Å². The van der Waals surface area contributed by atoms with Crippen LogP contribution in [-0.2, 0) is 6.54 Å². The molecule has 3 nitrogen and oxygen atoms in total. The van der Waals surface area contributed by atoms with Gasteiger partial charge in [0.1, 0.15) is 0 Å². The van der Waals surface area contributed by atoms with Gasteiger partial charge in [-0.25, -0.2) is 0 Å². The summed E-state index contributed by atoms with van der Waals surface area (Å²) in [6, 6.07) is 4.04. The van der Waals surface area contributed by atoms with E-state index in [1.165, 1.54) is 5.56 Å². The van der Waals surface area contributed by atoms with Gasteiger partial charge in [-0.05, 0) is 31.5 Å². The van der Waals surface area contributed by atoms with Crippen LogP contribution >= 0.6 is 0 Å². The normalized spacial score (nSPS) is 10.1. The molecule has 1 aromatic rings. The number of nitrogens with one attached hydrogen (secondary N) is 1.